The number of fused-ring (bicyclic) bond motifs is 1. The van der Waals surface area contributed by atoms with E-state index < -0.39 is 23.6 Å². The Labute approximate surface area is 120 Å². The van der Waals surface area contributed by atoms with Crippen molar-refractivity contribution in [2.75, 3.05) is 5.73 Å². The highest BCUT2D eigenvalue weighted by Crippen LogP contribution is 2.41. The number of aliphatic hydroxyl groups is 1. The number of carbonyl (C=O) groups excluding carboxylic acids is 3. The maximum atomic E-state index is 12.6. The summed E-state index contributed by atoms with van der Waals surface area (Å²) in [7, 11) is 0. The number of benzene rings is 1. The number of nitrogens with one attached hydrogen (secondary N) is 1. The monoisotopic (exact) mass is 289 g/mol. The molecular weight excluding hydrogens is 274 g/mol. The summed E-state index contributed by atoms with van der Waals surface area (Å²) in [6, 6.07) is 4.81. The Kier molecular flexibility index (Phi) is 2.77. The van der Waals surface area contributed by atoms with Crippen LogP contribution >= 0.6 is 0 Å². The van der Waals surface area contributed by atoms with Gasteiger partial charge in [-0.25, -0.2) is 0 Å². The second-order valence-corrected chi connectivity index (χ2v) is 5.51. The zero-order chi connectivity index (χ0) is 15.4. The fourth-order valence-electron chi connectivity index (χ4n) is 2.94. The van der Waals surface area contributed by atoms with Gasteiger partial charge in [-0.15, -0.1) is 0 Å². The van der Waals surface area contributed by atoms with Crippen molar-refractivity contribution in [2.45, 2.75) is 31.5 Å². The molecule has 0 bridgehead atoms. The fourth-order valence-corrected chi connectivity index (χ4v) is 2.94. The molecule has 3 rings (SSSR count). The Balaban J connectivity index is 2.06. The fraction of sp³-hybridized carbons (Fsp3) is 0.357. The van der Waals surface area contributed by atoms with Gasteiger partial charge in [0.1, 0.15) is 5.54 Å². The van der Waals surface area contributed by atoms with E-state index in [-0.39, 0.29) is 30.0 Å². The molecule has 0 aromatic heterocycles. The molecule has 1 saturated heterocycles. The summed E-state index contributed by atoms with van der Waals surface area (Å²) < 4.78 is 0. The molecule has 2 aliphatic heterocycles. The van der Waals surface area contributed by atoms with E-state index in [9.17, 15) is 19.5 Å². The van der Waals surface area contributed by atoms with Gasteiger partial charge in [-0.1, -0.05) is 12.1 Å². The highest BCUT2D eigenvalue weighted by Gasteiger charge is 2.52. The first kappa shape index (κ1) is 13.6. The maximum Gasteiger partial charge on any atom is 0.259 e. The number of nitrogen functional groups attached to an aromatic ring is 1. The third kappa shape index (κ3) is 1.74. The van der Waals surface area contributed by atoms with E-state index in [4.69, 9.17) is 5.73 Å². The standard InChI is InChI=1S/C14H15N3O4/c1-14(6-5-9(18)16-13(14)21)17-11(19)7-3-2-4-8(15)10(7)12(17)20/h2-4,11,19H,5-6,15H2,1H3,(H,16,18,21)/t11?,14-/m1/s1. The van der Waals surface area contributed by atoms with Crippen molar-refractivity contribution in [2.24, 2.45) is 0 Å². The van der Waals surface area contributed by atoms with E-state index in [1.165, 1.54) is 6.92 Å². The highest BCUT2D eigenvalue weighted by molar-refractivity contribution is 6.09. The summed E-state index contributed by atoms with van der Waals surface area (Å²) in [5.74, 6) is -1.46. The van der Waals surface area contributed by atoms with Crippen LogP contribution in [0.15, 0.2) is 18.2 Å². The van der Waals surface area contributed by atoms with Crippen LogP contribution in [0.2, 0.25) is 0 Å². The predicted molar refractivity (Wildman–Crippen MR) is 72.8 cm³/mol. The Morgan fingerprint density at radius 2 is 2.10 bits per heavy atom. The molecule has 0 aliphatic carbocycles. The maximum absolute atomic E-state index is 12.6. The molecule has 21 heavy (non-hydrogen) atoms. The van der Waals surface area contributed by atoms with Gasteiger partial charge in [0.2, 0.25) is 5.91 Å². The van der Waals surface area contributed by atoms with Crippen LogP contribution in [0.3, 0.4) is 0 Å². The number of piperidine rings is 1. The van der Waals surface area contributed by atoms with E-state index in [2.05, 4.69) is 5.32 Å². The minimum atomic E-state index is -1.28. The molecule has 1 unspecified atom stereocenters. The average Bonchev–Trinajstić information content (AvgIpc) is 2.68. The van der Waals surface area contributed by atoms with Gasteiger partial charge in [0.25, 0.3) is 11.8 Å². The second-order valence-electron chi connectivity index (χ2n) is 5.51. The summed E-state index contributed by atoms with van der Waals surface area (Å²) >= 11 is 0. The second kappa shape index (κ2) is 4.29. The Morgan fingerprint density at radius 1 is 1.38 bits per heavy atom. The normalized spacial score (nSPS) is 28.6. The lowest BCUT2D eigenvalue weighted by Crippen LogP contribution is -2.62. The lowest BCUT2D eigenvalue weighted by Gasteiger charge is -2.41. The van der Waals surface area contributed by atoms with Gasteiger partial charge in [-0.2, -0.15) is 0 Å². The molecule has 110 valence electrons. The summed E-state index contributed by atoms with van der Waals surface area (Å²) in [5, 5.41) is 12.6. The highest BCUT2D eigenvalue weighted by atomic mass is 16.3. The predicted octanol–water partition coefficient (Wildman–Crippen LogP) is -0.0892. The van der Waals surface area contributed by atoms with E-state index >= 15 is 0 Å². The number of rotatable bonds is 1. The zero-order valence-electron chi connectivity index (χ0n) is 11.4. The molecule has 3 amide bonds. The van der Waals surface area contributed by atoms with Crippen LogP contribution in [-0.2, 0) is 9.59 Å². The summed E-state index contributed by atoms with van der Waals surface area (Å²) in [6.45, 7) is 1.54. The van der Waals surface area contributed by atoms with Crippen molar-refractivity contribution in [1.82, 2.24) is 10.2 Å². The van der Waals surface area contributed by atoms with Crippen molar-refractivity contribution in [3.63, 3.8) is 0 Å². The first-order valence-electron chi connectivity index (χ1n) is 6.60. The molecule has 2 heterocycles. The van der Waals surface area contributed by atoms with Crippen LogP contribution in [0.5, 0.6) is 0 Å². The minimum absolute atomic E-state index is 0.116. The molecule has 0 spiro atoms. The Morgan fingerprint density at radius 3 is 2.71 bits per heavy atom. The number of amides is 3. The molecule has 7 nitrogen and oxygen atoms in total. The molecule has 1 aromatic carbocycles. The number of hydrogen-bond donors (Lipinski definition) is 3. The Bertz CT molecular complexity index is 672. The van der Waals surface area contributed by atoms with Gasteiger partial charge in [0, 0.05) is 17.7 Å². The first-order valence-corrected chi connectivity index (χ1v) is 6.60. The third-order valence-corrected chi connectivity index (χ3v) is 4.20. The van der Waals surface area contributed by atoms with Crippen LogP contribution in [0.4, 0.5) is 5.69 Å². The Hall–Kier alpha value is -2.41. The molecule has 1 fully saturated rings. The van der Waals surface area contributed by atoms with Crippen molar-refractivity contribution >= 4 is 23.4 Å². The number of nitrogens with zero attached hydrogens (tertiary/aromatic N) is 1. The summed E-state index contributed by atoms with van der Waals surface area (Å²) in [5.41, 5.74) is 5.38. The minimum Gasteiger partial charge on any atom is -0.398 e. The van der Waals surface area contributed by atoms with Crippen LogP contribution in [0, 0.1) is 0 Å². The van der Waals surface area contributed by atoms with Gasteiger partial charge in [0.15, 0.2) is 6.23 Å². The van der Waals surface area contributed by atoms with Crippen LogP contribution in [0.1, 0.15) is 41.9 Å². The molecule has 1 aromatic rings. The van der Waals surface area contributed by atoms with Gasteiger partial charge in [0.05, 0.1) is 5.56 Å². The van der Waals surface area contributed by atoms with Crippen LogP contribution < -0.4 is 11.1 Å². The van der Waals surface area contributed by atoms with Gasteiger partial charge in [-0.05, 0) is 19.4 Å². The molecule has 2 atom stereocenters. The number of hydrogen-bond acceptors (Lipinski definition) is 5. The largest absolute Gasteiger partial charge is 0.398 e. The van der Waals surface area contributed by atoms with Crippen molar-refractivity contribution in [3.05, 3.63) is 29.3 Å². The summed E-state index contributed by atoms with van der Waals surface area (Å²) in [4.78, 5) is 37.2. The van der Waals surface area contributed by atoms with Gasteiger partial charge >= 0.3 is 0 Å². The number of imide groups is 1. The number of nitrogens with two attached hydrogens (primary N) is 1. The third-order valence-electron chi connectivity index (χ3n) is 4.20. The zero-order valence-corrected chi connectivity index (χ0v) is 11.4. The lowest BCUT2D eigenvalue weighted by atomic mass is 9.89. The average molecular weight is 289 g/mol. The van der Waals surface area contributed by atoms with Crippen molar-refractivity contribution < 1.29 is 19.5 Å². The quantitative estimate of drug-likeness (QED) is 0.494. The van der Waals surface area contributed by atoms with E-state index in [1.54, 1.807) is 18.2 Å². The van der Waals surface area contributed by atoms with E-state index in [1.807, 2.05) is 0 Å². The van der Waals surface area contributed by atoms with Gasteiger partial charge in [-0.3, -0.25) is 24.6 Å². The molecule has 7 heteroatoms. The number of carbonyl (C=O) groups is 3. The molecule has 4 N–H and O–H groups in total. The molecule has 0 saturated carbocycles. The van der Waals surface area contributed by atoms with Crippen molar-refractivity contribution in [3.8, 4) is 0 Å². The number of anilines is 1. The van der Waals surface area contributed by atoms with Crippen LogP contribution in [-0.4, -0.2) is 33.3 Å². The first-order chi connectivity index (χ1) is 9.86. The lowest BCUT2D eigenvalue weighted by molar-refractivity contribution is -0.147. The molecule has 0 radical (unpaired) electrons. The van der Waals surface area contributed by atoms with Gasteiger partial charge < -0.3 is 10.8 Å². The smallest absolute Gasteiger partial charge is 0.259 e. The van der Waals surface area contributed by atoms with Crippen LogP contribution in [0.25, 0.3) is 0 Å². The summed E-state index contributed by atoms with van der Waals surface area (Å²) in [6.07, 6.45) is -0.973. The topological polar surface area (TPSA) is 113 Å². The molecular formula is C14H15N3O4. The SMILES string of the molecule is C[C@@]1(N2C(=O)c3c(N)cccc3C2O)CCC(=O)NC1=O. The number of aliphatic hydroxyl groups excluding tert-OH is 1. The van der Waals surface area contributed by atoms with Crippen molar-refractivity contribution in [1.29, 1.82) is 0 Å². The molecule has 2 aliphatic rings. The van der Waals surface area contributed by atoms with E-state index in [0.717, 1.165) is 4.90 Å². The van der Waals surface area contributed by atoms with E-state index in [0.29, 0.717) is 5.56 Å².